The second-order valence-electron chi connectivity index (χ2n) is 8.24. The molecule has 2 aromatic heterocycles. The third kappa shape index (κ3) is 4.44. The number of thiazole rings is 1. The quantitative estimate of drug-likeness (QED) is 0.569. The molecule has 8 heteroatoms. The van der Waals surface area contributed by atoms with E-state index >= 15 is 0 Å². The second-order valence-corrected chi connectivity index (χ2v) is 9.09. The Kier molecular flexibility index (Phi) is 5.63. The van der Waals surface area contributed by atoms with Gasteiger partial charge < -0.3 is 14.8 Å². The van der Waals surface area contributed by atoms with E-state index in [2.05, 4.69) is 10.4 Å². The third-order valence-corrected chi connectivity index (χ3v) is 6.91. The SMILES string of the molecule is Cn1nc(-c2nc(-c3ccc4c(c3)OCO4)cs2)cc1NC(=O)CCC1CCCCC1. The number of aromatic nitrogens is 3. The van der Waals surface area contributed by atoms with Crippen molar-refractivity contribution >= 4 is 23.1 Å². The smallest absolute Gasteiger partial charge is 0.231 e. The number of carbonyl (C=O) groups excluding carboxylic acids is 1. The molecule has 1 aliphatic carbocycles. The molecule has 162 valence electrons. The summed E-state index contributed by atoms with van der Waals surface area (Å²) >= 11 is 1.53. The van der Waals surface area contributed by atoms with Crippen molar-refractivity contribution in [2.24, 2.45) is 13.0 Å². The van der Waals surface area contributed by atoms with Gasteiger partial charge in [-0.2, -0.15) is 5.10 Å². The van der Waals surface area contributed by atoms with Crippen molar-refractivity contribution in [1.82, 2.24) is 14.8 Å². The van der Waals surface area contributed by atoms with Crippen molar-refractivity contribution in [2.75, 3.05) is 12.1 Å². The van der Waals surface area contributed by atoms with Gasteiger partial charge in [-0.25, -0.2) is 4.98 Å². The van der Waals surface area contributed by atoms with Gasteiger partial charge in [-0.3, -0.25) is 9.48 Å². The summed E-state index contributed by atoms with van der Waals surface area (Å²) in [4.78, 5) is 17.2. The lowest BCUT2D eigenvalue weighted by molar-refractivity contribution is -0.116. The van der Waals surface area contributed by atoms with E-state index in [1.807, 2.05) is 36.7 Å². The number of rotatable bonds is 6. The Balaban J connectivity index is 1.25. The average molecular weight is 439 g/mol. The van der Waals surface area contributed by atoms with E-state index in [4.69, 9.17) is 14.5 Å². The van der Waals surface area contributed by atoms with Gasteiger partial charge in [0, 0.05) is 30.5 Å². The van der Waals surface area contributed by atoms with Crippen LogP contribution in [0.1, 0.15) is 44.9 Å². The molecule has 0 saturated heterocycles. The van der Waals surface area contributed by atoms with Gasteiger partial charge >= 0.3 is 0 Å². The molecule has 7 nitrogen and oxygen atoms in total. The standard InChI is InChI=1S/C23H26N4O3S/c1-27-21(25-22(28)10-7-15-5-3-2-4-6-15)12-17(26-27)23-24-18(13-31-23)16-8-9-19-20(11-16)30-14-29-19/h8-9,11-13,15H,2-7,10,14H2,1H3,(H,25,28). The highest BCUT2D eigenvalue weighted by Crippen LogP contribution is 2.37. The Morgan fingerprint density at radius 2 is 2.00 bits per heavy atom. The number of anilines is 1. The fraction of sp³-hybridized carbons (Fsp3) is 0.435. The molecule has 0 spiro atoms. The third-order valence-electron chi connectivity index (χ3n) is 6.04. The molecule has 0 radical (unpaired) electrons. The zero-order chi connectivity index (χ0) is 21.2. The maximum Gasteiger partial charge on any atom is 0.231 e. The van der Waals surface area contributed by atoms with Crippen LogP contribution in [0.5, 0.6) is 11.5 Å². The van der Waals surface area contributed by atoms with Crippen molar-refractivity contribution < 1.29 is 14.3 Å². The van der Waals surface area contributed by atoms with Crippen LogP contribution in [-0.2, 0) is 11.8 Å². The molecule has 1 fully saturated rings. The first kappa shape index (κ1) is 20.1. The number of nitrogens with one attached hydrogen (secondary N) is 1. The summed E-state index contributed by atoms with van der Waals surface area (Å²) in [7, 11) is 1.84. The topological polar surface area (TPSA) is 78.3 Å². The van der Waals surface area contributed by atoms with Crippen LogP contribution in [0.2, 0.25) is 0 Å². The van der Waals surface area contributed by atoms with Gasteiger partial charge in [0.25, 0.3) is 0 Å². The maximum absolute atomic E-state index is 12.4. The van der Waals surface area contributed by atoms with E-state index in [-0.39, 0.29) is 12.7 Å². The normalized spacial score (nSPS) is 15.9. The summed E-state index contributed by atoms with van der Waals surface area (Å²) < 4.78 is 12.5. The fourth-order valence-electron chi connectivity index (χ4n) is 4.28. The Bertz CT molecular complexity index is 1080. The number of carbonyl (C=O) groups is 1. The molecule has 0 unspecified atom stereocenters. The molecule has 0 atom stereocenters. The van der Waals surface area contributed by atoms with Crippen molar-refractivity contribution in [3.8, 4) is 33.5 Å². The second kappa shape index (κ2) is 8.70. The molecule has 3 aromatic rings. The summed E-state index contributed by atoms with van der Waals surface area (Å²) in [5, 5.41) is 10.4. The maximum atomic E-state index is 12.4. The lowest BCUT2D eigenvalue weighted by Crippen LogP contribution is -2.16. The van der Waals surface area contributed by atoms with Crippen molar-refractivity contribution in [3.05, 3.63) is 29.6 Å². The number of fused-ring (bicyclic) bond motifs is 1. The first-order chi connectivity index (χ1) is 15.2. The first-order valence-corrected chi connectivity index (χ1v) is 11.7. The average Bonchev–Trinajstić information content (AvgIpc) is 3.52. The number of nitrogens with zero attached hydrogens (tertiary/aromatic N) is 3. The van der Waals surface area contributed by atoms with Crippen molar-refractivity contribution in [2.45, 2.75) is 44.9 Å². The van der Waals surface area contributed by atoms with E-state index in [1.54, 1.807) is 4.68 Å². The number of amides is 1. The fourth-order valence-corrected chi connectivity index (χ4v) is 5.07. The molecule has 3 heterocycles. The Morgan fingerprint density at radius 1 is 1.16 bits per heavy atom. The number of hydrogen-bond acceptors (Lipinski definition) is 6. The zero-order valence-corrected chi connectivity index (χ0v) is 18.4. The van der Waals surface area contributed by atoms with E-state index in [0.717, 1.165) is 39.9 Å². The van der Waals surface area contributed by atoms with Crippen LogP contribution in [0, 0.1) is 5.92 Å². The minimum Gasteiger partial charge on any atom is -0.454 e. The highest BCUT2D eigenvalue weighted by atomic mass is 32.1. The van der Waals surface area contributed by atoms with Gasteiger partial charge in [-0.15, -0.1) is 11.3 Å². The van der Waals surface area contributed by atoms with Gasteiger partial charge in [0.05, 0.1) is 5.69 Å². The van der Waals surface area contributed by atoms with Crippen LogP contribution in [-0.4, -0.2) is 27.5 Å². The van der Waals surface area contributed by atoms with Gasteiger partial charge in [-0.05, 0) is 30.5 Å². The lowest BCUT2D eigenvalue weighted by atomic mass is 9.86. The predicted molar refractivity (Wildman–Crippen MR) is 120 cm³/mol. The van der Waals surface area contributed by atoms with Gasteiger partial charge in [0.1, 0.15) is 16.5 Å². The van der Waals surface area contributed by atoms with E-state index in [0.29, 0.717) is 18.2 Å². The Labute approximate surface area is 185 Å². The summed E-state index contributed by atoms with van der Waals surface area (Å²) in [6.07, 6.45) is 8.02. The largest absolute Gasteiger partial charge is 0.454 e. The summed E-state index contributed by atoms with van der Waals surface area (Å²) in [6.45, 7) is 0.254. The molecule has 2 aliphatic rings. The molecule has 5 rings (SSSR count). The number of ether oxygens (including phenoxy) is 2. The van der Waals surface area contributed by atoms with Gasteiger partial charge in [0.2, 0.25) is 12.7 Å². The number of hydrogen-bond donors (Lipinski definition) is 1. The minimum atomic E-state index is 0.0558. The van der Waals surface area contributed by atoms with Gasteiger partial charge in [-0.1, -0.05) is 32.1 Å². The van der Waals surface area contributed by atoms with Crippen molar-refractivity contribution in [1.29, 1.82) is 0 Å². The Morgan fingerprint density at radius 3 is 2.87 bits per heavy atom. The molecule has 1 amide bonds. The van der Waals surface area contributed by atoms with E-state index in [9.17, 15) is 4.79 Å². The zero-order valence-electron chi connectivity index (χ0n) is 17.6. The highest BCUT2D eigenvalue weighted by molar-refractivity contribution is 7.13. The van der Waals surface area contributed by atoms with Crippen LogP contribution in [0.3, 0.4) is 0 Å². The molecule has 0 bridgehead atoms. The van der Waals surface area contributed by atoms with E-state index in [1.165, 1.54) is 43.4 Å². The van der Waals surface area contributed by atoms with Crippen LogP contribution >= 0.6 is 11.3 Å². The van der Waals surface area contributed by atoms with Crippen LogP contribution in [0.25, 0.3) is 22.0 Å². The van der Waals surface area contributed by atoms with E-state index < -0.39 is 0 Å². The molecular formula is C23H26N4O3S. The van der Waals surface area contributed by atoms with Crippen LogP contribution in [0.15, 0.2) is 29.6 Å². The Hall–Kier alpha value is -2.87. The summed E-state index contributed by atoms with van der Waals surface area (Å²) in [5.74, 6) is 2.95. The minimum absolute atomic E-state index is 0.0558. The van der Waals surface area contributed by atoms with Crippen LogP contribution < -0.4 is 14.8 Å². The monoisotopic (exact) mass is 438 g/mol. The first-order valence-electron chi connectivity index (χ1n) is 10.9. The summed E-state index contributed by atoms with van der Waals surface area (Å²) in [5.41, 5.74) is 2.59. The van der Waals surface area contributed by atoms with Crippen molar-refractivity contribution in [3.63, 3.8) is 0 Å². The molecule has 1 saturated carbocycles. The predicted octanol–water partition coefficient (Wildman–Crippen LogP) is 5.24. The molecule has 1 N–H and O–H groups in total. The van der Waals surface area contributed by atoms with Crippen LogP contribution in [0.4, 0.5) is 5.82 Å². The number of aryl methyl sites for hydroxylation is 1. The lowest BCUT2D eigenvalue weighted by Gasteiger charge is -2.20. The molecule has 1 aliphatic heterocycles. The highest BCUT2D eigenvalue weighted by Gasteiger charge is 2.18. The van der Waals surface area contributed by atoms with Gasteiger partial charge in [0.15, 0.2) is 11.5 Å². The summed E-state index contributed by atoms with van der Waals surface area (Å²) in [6, 6.07) is 7.71. The number of benzene rings is 1. The molecule has 31 heavy (non-hydrogen) atoms. The molecule has 1 aromatic carbocycles. The molecular weight excluding hydrogens is 412 g/mol.